The highest BCUT2D eigenvalue weighted by molar-refractivity contribution is 7.70. The van der Waals surface area contributed by atoms with Crippen molar-refractivity contribution in [2.75, 3.05) is 24.4 Å². The number of hydrogen-bond acceptors (Lipinski definition) is 8. The highest BCUT2D eigenvalue weighted by atomic mass is 35.5. The number of rotatable bonds is 10. The summed E-state index contributed by atoms with van der Waals surface area (Å²) in [6.07, 6.45) is -1.53. The Morgan fingerprint density at radius 1 is 1.11 bits per heavy atom. The van der Waals surface area contributed by atoms with Crippen LogP contribution in [0.2, 0.25) is 5.28 Å². The van der Waals surface area contributed by atoms with E-state index >= 15 is 0 Å². The van der Waals surface area contributed by atoms with Crippen molar-refractivity contribution in [2.45, 2.75) is 31.2 Å². The van der Waals surface area contributed by atoms with Crippen molar-refractivity contribution in [2.24, 2.45) is 0 Å². The molecule has 0 spiro atoms. The van der Waals surface area contributed by atoms with Crippen molar-refractivity contribution >= 4 is 43.5 Å². The van der Waals surface area contributed by atoms with Crippen molar-refractivity contribution in [1.82, 2.24) is 9.97 Å². The highest BCUT2D eigenvalue weighted by Crippen LogP contribution is 2.55. The van der Waals surface area contributed by atoms with Gasteiger partial charge in [0, 0.05) is 18.4 Å². The molecule has 1 aliphatic rings. The fourth-order valence-electron chi connectivity index (χ4n) is 3.98. The van der Waals surface area contributed by atoms with E-state index in [9.17, 15) is 19.1 Å². The summed E-state index contributed by atoms with van der Waals surface area (Å²) >= 11 is 6.15. The standard InChI is InChI=1S/C22H26ClN3O8P2/c23-22-25-17-10-15(6-7-16(17)21(26-22)24-9-8-14-4-2-1-3-5-14)19-11-18(27)20(34-19)12-33-36(31,32)13-35(28,29)30/h1-7,10,18-20,27H,8-9,11-13H2,(H,31,32)(H,24,25,26)(H2,28,29,30)/t18-,19+,20+/m0/s1. The minimum absolute atomic E-state index is 0.0734. The normalized spacial score (nSPS) is 22.0. The smallest absolute Gasteiger partial charge is 0.340 e. The van der Waals surface area contributed by atoms with Gasteiger partial charge in [-0.05, 0) is 41.3 Å². The van der Waals surface area contributed by atoms with Crippen LogP contribution in [-0.2, 0) is 24.8 Å². The topological polar surface area (TPSA) is 171 Å². The Kier molecular flexibility index (Phi) is 8.46. The maximum Gasteiger partial charge on any atom is 0.340 e. The van der Waals surface area contributed by atoms with Crippen molar-refractivity contribution in [3.8, 4) is 0 Å². The van der Waals surface area contributed by atoms with Crippen LogP contribution in [0.3, 0.4) is 0 Å². The lowest BCUT2D eigenvalue weighted by atomic mass is 10.0. The summed E-state index contributed by atoms with van der Waals surface area (Å²) < 4.78 is 33.5. The zero-order valence-corrected chi connectivity index (χ0v) is 21.5. The molecule has 0 aliphatic carbocycles. The summed E-state index contributed by atoms with van der Waals surface area (Å²) in [7, 11) is -9.30. The van der Waals surface area contributed by atoms with Crippen LogP contribution in [0.15, 0.2) is 48.5 Å². The minimum atomic E-state index is -4.75. The number of fused-ring (bicyclic) bond motifs is 1. The van der Waals surface area contributed by atoms with E-state index in [0.717, 1.165) is 11.8 Å². The van der Waals surface area contributed by atoms with Gasteiger partial charge in [0.2, 0.25) is 5.28 Å². The van der Waals surface area contributed by atoms with Gasteiger partial charge in [0.05, 0.1) is 24.3 Å². The Morgan fingerprint density at radius 2 is 1.86 bits per heavy atom. The second kappa shape index (κ2) is 11.2. The molecule has 11 nitrogen and oxygen atoms in total. The molecule has 0 radical (unpaired) electrons. The number of aliphatic hydroxyl groups excluding tert-OH is 1. The van der Waals surface area contributed by atoms with E-state index in [0.29, 0.717) is 23.4 Å². The number of benzene rings is 2. The van der Waals surface area contributed by atoms with Gasteiger partial charge in [-0.2, -0.15) is 0 Å². The van der Waals surface area contributed by atoms with Gasteiger partial charge in [-0.1, -0.05) is 36.4 Å². The van der Waals surface area contributed by atoms with Crippen LogP contribution in [0.1, 0.15) is 23.7 Å². The third-order valence-electron chi connectivity index (χ3n) is 5.64. The van der Waals surface area contributed by atoms with Crippen LogP contribution in [0.5, 0.6) is 0 Å². The lowest BCUT2D eigenvalue weighted by Gasteiger charge is -2.18. The zero-order chi connectivity index (χ0) is 25.9. The predicted molar refractivity (Wildman–Crippen MR) is 134 cm³/mol. The van der Waals surface area contributed by atoms with Crippen molar-refractivity contribution in [3.63, 3.8) is 0 Å². The predicted octanol–water partition coefficient (Wildman–Crippen LogP) is 3.47. The van der Waals surface area contributed by atoms with Gasteiger partial charge in [-0.15, -0.1) is 0 Å². The number of hydrogen-bond donors (Lipinski definition) is 5. The molecule has 4 rings (SSSR count). The van der Waals surface area contributed by atoms with E-state index in [1.807, 2.05) is 42.5 Å². The second-order valence-corrected chi connectivity index (χ2v) is 12.8. The number of nitrogens with zero attached hydrogens (tertiary/aromatic N) is 2. The zero-order valence-electron chi connectivity index (χ0n) is 19.0. The fraction of sp³-hybridized carbons (Fsp3) is 0.364. The quantitative estimate of drug-likeness (QED) is 0.182. The molecule has 1 aliphatic heterocycles. The van der Waals surface area contributed by atoms with Gasteiger partial charge >= 0.3 is 15.2 Å². The van der Waals surface area contributed by atoms with Crippen LogP contribution in [0.4, 0.5) is 5.82 Å². The second-order valence-electron chi connectivity index (χ2n) is 8.49. The van der Waals surface area contributed by atoms with Crippen LogP contribution >= 0.6 is 26.8 Å². The van der Waals surface area contributed by atoms with Crippen molar-refractivity contribution < 1.29 is 38.2 Å². The molecule has 5 N–H and O–H groups in total. The molecule has 0 saturated carbocycles. The molecule has 0 amide bonds. The number of anilines is 1. The van der Waals surface area contributed by atoms with Gasteiger partial charge < -0.3 is 34.4 Å². The van der Waals surface area contributed by atoms with E-state index in [2.05, 4.69) is 15.3 Å². The number of halogens is 1. The van der Waals surface area contributed by atoms with Crippen molar-refractivity contribution in [3.05, 3.63) is 64.9 Å². The maximum atomic E-state index is 11.9. The van der Waals surface area contributed by atoms with Gasteiger partial charge in [-0.3, -0.25) is 9.13 Å². The molecule has 14 heteroatoms. The van der Waals surface area contributed by atoms with Gasteiger partial charge in [0.15, 0.2) is 5.90 Å². The van der Waals surface area contributed by atoms with Crippen LogP contribution in [0.25, 0.3) is 10.9 Å². The summed E-state index contributed by atoms with van der Waals surface area (Å²) in [5, 5.41) is 14.5. The molecule has 1 aromatic heterocycles. The third-order valence-corrected chi connectivity index (χ3v) is 9.27. The molecule has 1 fully saturated rings. The first-order valence-electron chi connectivity index (χ1n) is 11.1. The summed E-state index contributed by atoms with van der Waals surface area (Å²) in [6.45, 7) is 0.146. The molecule has 0 bridgehead atoms. The monoisotopic (exact) mass is 557 g/mol. The maximum absolute atomic E-state index is 11.9. The molecule has 1 saturated heterocycles. The number of nitrogens with one attached hydrogen (secondary N) is 1. The van der Waals surface area contributed by atoms with E-state index in [1.165, 1.54) is 5.56 Å². The van der Waals surface area contributed by atoms with E-state index < -0.39 is 46.0 Å². The third kappa shape index (κ3) is 7.32. The Labute approximate surface area is 212 Å². The Hall–Kier alpha value is -1.91. The number of aromatic nitrogens is 2. The molecular weight excluding hydrogens is 532 g/mol. The molecule has 2 heterocycles. The summed E-state index contributed by atoms with van der Waals surface area (Å²) in [4.78, 5) is 36.1. The average molecular weight is 558 g/mol. The molecular formula is C22H26ClN3O8P2. The summed E-state index contributed by atoms with van der Waals surface area (Å²) in [5.41, 5.74) is 2.47. The Balaban J connectivity index is 1.43. The Morgan fingerprint density at radius 3 is 2.58 bits per heavy atom. The molecule has 2 aromatic carbocycles. The number of ether oxygens (including phenoxy) is 1. The van der Waals surface area contributed by atoms with Gasteiger partial charge in [0.1, 0.15) is 11.9 Å². The van der Waals surface area contributed by atoms with Crippen LogP contribution < -0.4 is 5.32 Å². The highest BCUT2D eigenvalue weighted by Gasteiger charge is 2.38. The minimum Gasteiger partial charge on any atom is -0.390 e. The largest absolute Gasteiger partial charge is 0.390 e. The van der Waals surface area contributed by atoms with Gasteiger partial charge in [-0.25, -0.2) is 9.97 Å². The van der Waals surface area contributed by atoms with Crippen LogP contribution in [-0.4, -0.2) is 61.0 Å². The lowest BCUT2D eigenvalue weighted by Crippen LogP contribution is -2.26. The number of aliphatic hydroxyl groups is 1. The average Bonchev–Trinajstić information content (AvgIpc) is 3.17. The van der Waals surface area contributed by atoms with Crippen LogP contribution in [0, 0.1) is 0 Å². The lowest BCUT2D eigenvalue weighted by molar-refractivity contribution is -0.0183. The first-order valence-corrected chi connectivity index (χ1v) is 15.0. The first-order chi connectivity index (χ1) is 17.0. The first kappa shape index (κ1) is 27.1. The summed E-state index contributed by atoms with van der Waals surface area (Å²) in [5.74, 6) is -0.714. The molecule has 194 valence electrons. The molecule has 36 heavy (non-hydrogen) atoms. The fourth-order valence-corrected chi connectivity index (χ4v) is 6.72. The van der Waals surface area contributed by atoms with E-state index in [-0.39, 0.29) is 11.7 Å². The Bertz CT molecular complexity index is 1310. The molecule has 4 atom stereocenters. The molecule has 3 aromatic rings. The van der Waals surface area contributed by atoms with E-state index in [1.54, 1.807) is 6.07 Å². The SMILES string of the molecule is O=P(O)(O)CP(=O)(O)OC[C@H]1O[C@@H](c2ccc3c(NCCc4ccccc4)nc(Cl)nc3c2)C[C@@H]1O. The van der Waals surface area contributed by atoms with E-state index in [4.69, 9.17) is 30.6 Å². The molecule has 1 unspecified atom stereocenters. The van der Waals surface area contributed by atoms with Gasteiger partial charge in [0.25, 0.3) is 0 Å². The summed E-state index contributed by atoms with van der Waals surface area (Å²) in [6, 6.07) is 15.4. The van der Waals surface area contributed by atoms with Crippen molar-refractivity contribution in [1.29, 1.82) is 0 Å².